The number of ether oxygens (including phenoxy) is 1. The second-order valence-corrected chi connectivity index (χ2v) is 21.3. The van der Waals surface area contributed by atoms with E-state index in [0.717, 1.165) is 51.0 Å². The van der Waals surface area contributed by atoms with Gasteiger partial charge in [0.15, 0.2) is 0 Å². The number of rotatable bonds is 19. The second kappa shape index (κ2) is 21.4. The van der Waals surface area contributed by atoms with E-state index in [9.17, 15) is 19.8 Å². The Bertz CT molecular complexity index is 2500. The van der Waals surface area contributed by atoms with Gasteiger partial charge >= 0.3 is 0 Å². The largest absolute Gasteiger partial charge is 0.493 e. The molecule has 1 saturated heterocycles. The van der Waals surface area contributed by atoms with E-state index in [1.54, 1.807) is 16.2 Å². The van der Waals surface area contributed by atoms with Crippen LogP contribution < -0.4 is 15.4 Å². The number of aryl methyl sites for hydroxylation is 1. The number of aromatic nitrogens is 2. The average Bonchev–Trinajstić information content (AvgIpc) is 3.99. The lowest BCUT2D eigenvalue weighted by Crippen LogP contribution is -2.61. The maximum atomic E-state index is 16.1. The summed E-state index contributed by atoms with van der Waals surface area (Å²) >= 11 is 1.57. The van der Waals surface area contributed by atoms with Crippen molar-refractivity contribution in [2.75, 3.05) is 39.8 Å². The number of carbonyl (C=O) groups is 2. The fourth-order valence-electron chi connectivity index (χ4n) is 9.78. The lowest BCUT2D eigenvalue weighted by Gasteiger charge is -2.43. The number of nitrogens with one attached hydrogen (secondary N) is 3. The summed E-state index contributed by atoms with van der Waals surface area (Å²) in [6.07, 6.45) is 0.764. The molecule has 0 aliphatic carbocycles. The van der Waals surface area contributed by atoms with Crippen LogP contribution >= 0.6 is 11.3 Å². The van der Waals surface area contributed by atoms with E-state index in [1.165, 1.54) is 26.0 Å². The van der Waals surface area contributed by atoms with Crippen LogP contribution in [0.4, 0.5) is 13.2 Å². The average molecular weight is 960 g/mol. The number of β-amino-alcohol motifs (C(OH)–C–C–N with tert-alkyl or cyclic N) is 1. The van der Waals surface area contributed by atoms with Gasteiger partial charge in [0.05, 0.1) is 53.5 Å². The first-order valence-electron chi connectivity index (χ1n) is 23.7. The topological polar surface area (TPSA) is 146 Å². The maximum Gasteiger partial charge on any atom is 0.237 e. The maximum absolute atomic E-state index is 16.1. The molecule has 2 amide bonds. The van der Waals surface area contributed by atoms with Gasteiger partial charge in [-0.15, -0.1) is 11.3 Å². The van der Waals surface area contributed by atoms with E-state index in [1.807, 2.05) is 106 Å². The summed E-state index contributed by atoms with van der Waals surface area (Å²) in [5, 5.41) is 29.4. The van der Waals surface area contributed by atoms with Crippen molar-refractivity contribution in [3.63, 3.8) is 0 Å². The van der Waals surface area contributed by atoms with E-state index >= 15 is 13.2 Å². The summed E-state index contributed by atoms with van der Waals surface area (Å²) in [4.78, 5) is 41.1. The van der Waals surface area contributed by atoms with Crippen LogP contribution in [0, 0.1) is 24.0 Å². The molecule has 2 aliphatic rings. The smallest absolute Gasteiger partial charge is 0.237 e. The highest BCUT2D eigenvalue weighted by atomic mass is 32.1. The van der Waals surface area contributed by atoms with Crippen molar-refractivity contribution < 1.29 is 37.7 Å². The number of para-hydroxylation sites is 1. The summed E-state index contributed by atoms with van der Waals surface area (Å²) in [5.74, 6) is -2.05. The van der Waals surface area contributed by atoms with Crippen LogP contribution in [0.1, 0.15) is 101 Å². The van der Waals surface area contributed by atoms with Crippen LogP contribution in [0.5, 0.6) is 5.75 Å². The number of H-pyrrole nitrogens is 1. The highest BCUT2D eigenvalue weighted by molar-refractivity contribution is 7.13. The van der Waals surface area contributed by atoms with Gasteiger partial charge < -0.3 is 30.6 Å². The number of likely N-dealkylation sites (N-methyl/N-ethyl adjacent to an activating group) is 1. The molecule has 0 bridgehead atoms. The predicted octanol–water partition coefficient (Wildman–Crippen LogP) is 8.04. The molecule has 5 aromatic rings. The second-order valence-electron chi connectivity index (χ2n) is 20.5. The van der Waals surface area contributed by atoms with Crippen LogP contribution in [-0.4, -0.2) is 123 Å². The third kappa shape index (κ3) is 12.1. The number of halogens is 3. The summed E-state index contributed by atoms with van der Waals surface area (Å²) in [5.41, 5.74) is 4.92. The summed E-state index contributed by atoms with van der Waals surface area (Å²) < 4.78 is 53.3. The third-order valence-corrected chi connectivity index (χ3v) is 14.2. The van der Waals surface area contributed by atoms with Crippen LogP contribution in [0.25, 0.3) is 21.3 Å². The van der Waals surface area contributed by atoms with Crippen LogP contribution in [-0.2, 0) is 22.6 Å². The molecule has 0 radical (unpaired) electrons. The Morgan fingerprint density at radius 1 is 1.04 bits per heavy atom. The molecule has 368 valence electrons. The molecule has 0 spiro atoms. The van der Waals surface area contributed by atoms with Crippen molar-refractivity contribution in [3.05, 3.63) is 106 Å². The summed E-state index contributed by atoms with van der Waals surface area (Å²) in [6, 6.07) is 15.5. The van der Waals surface area contributed by atoms with Crippen molar-refractivity contribution in [2.45, 2.75) is 129 Å². The zero-order valence-electron chi connectivity index (χ0n) is 40.5. The standard InChI is InChI=1S/C52H68F3N7O5S/c1-31-22-38-37-14-10-11-15-41(37)58-45(38)46(62(31)29-52(6,7)55)44-39(53)24-36(25-40(44)54)67-21-13-9-12-20-60(8)28-43(64)59-48(51(3,4)5)50(66)61-27-35(63)23-42(61)49(65)56-26-33-16-18-34(19-17-33)47-32(2)57-30-68-47/h10-11,14-19,24-25,30-31,35,42,46,48,50,58,63,66H,9,12-13,20-23,26-29H2,1-8H3,(H,56,65)(H,59,64)/t31-,35-,42+,46-,48-,50?/m1/s1. The Kier molecular flexibility index (Phi) is 16.1. The van der Waals surface area contributed by atoms with Gasteiger partial charge in [-0.2, -0.15) is 0 Å². The van der Waals surface area contributed by atoms with Crippen molar-refractivity contribution in [1.29, 1.82) is 0 Å². The number of amides is 2. The molecule has 1 unspecified atom stereocenters. The number of fused-ring (bicyclic) bond motifs is 3. The Morgan fingerprint density at radius 2 is 1.75 bits per heavy atom. The highest BCUT2D eigenvalue weighted by Gasteiger charge is 2.45. The molecule has 2 aromatic heterocycles. The van der Waals surface area contributed by atoms with Crippen molar-refractivity contribution in [1.82, 2.24) is 35.3 Å². The number of hydrogen-bond acceptors (Lipinski definition) is 10. The molecule has 1 fully saturated rings. The molecule has 12 nitrogen and oxygen atoms in total. The van der Waals surface area contributed by atoms with Crippen LogP contribution in [0.15, 0.2) is 66.2 Å². The zero-order chi connectivity index (χ0) is 49.1. The van der Waals surface area contributed by atoms with Gasteiger partial charge in [0.25, 0.3) is 0 Å². The highest BCUT2D eigenvalue weighted by Crippen LogP contribution is 2.44. The predicted molar refractivity (Wildman–Crippen MR) is 261 cm³/mol. The number of carbonyl (C=O) groups excluding carboxylic acids is 2. The molecular formula is C52H68F3N7O5S. The normalized spacial score (nSPS) is 20.1. The fourth-order valence-corrected chi connectivity index (χ4v) is 10.6. The number of aliphatic hydroxyl groups is 2. The first kappa shape index (κ1) is 51.0. The van der Waals surface area contributed by atoms with Crippen LogP contribution in [0.3, 0.4) is 0 Å². The number of nitrogens with zero attached hydrogens (tertiary/aromatic N) is 4. The van der Waals surface area contributed by atoms with Gasteiger partial charge in [-0.25, -0.2) is 18.2 Å². The lowest BCUT2D eigenvalue weighted by atomic mass is 9.85. The van der Waals surface area contributed by atoms with Gasteiger partial charge in [0.2, 0.25) is 11.8 Å². The number of alkyl halides is 1. The minimum atomic E-state index is -1.60. The van der Waals surface area contributed by atoms with Gasteiger partial charge in [0, 0.05) is 60.0 Å². The number of aromatic amines is 1. The lowest BCUT2D eigenvalue weighted by molar-refractivity contribution is -0.135. The molecule has 6 atom stereocenters. The molecule has 4 heterocycles. The number of likely N-dealkylation sites (tertiary alicyclic amines) is 1. The molecule has 5 N–H and O–H groups in total. The molecule has 7 rings (SSSR count). The monoisotopic (exact) mass is 959 g/mol. The Hall–Kier alpha value is -4.84. The van der Waals surface area contributed by atoms with E-state index < -0.39 is 53.2 Å². The number of thiazole rings is 1. The SMILES string of the molecule is Cc1ncsc1-c1ccc(CNC(=O)[C@@H]2C[C@@H](O)CN2C(O)[C@@H](NC(=O)CN(C)CCCCCOc2cc(F)c([C@@H]3c4[nH]c5ccccc5c4C[C@@H](C)N3CC(C)(C)F)c(F)c2)C(C)(C)C)cc1. The fraction of sp³-hybridized carbons (Fsp3) is 0.519. The van der Waals surface area contributed by atoms with Gasteiger partial charge in [0.1, 0.15) is 29.3 Å². The quantitative estimate of drug-likeness (QED) is 0.0520. The minimum Gasteiger partial charge on any atom is -0.493 e. The van der Waals surface area contributed by atoms with Crippen LogP contribution in [0.2, 0.25) is 0 Å². The molecule has 68 heavy (non-hydrogen) atoms. The molecular weight excluding hydrogens is 892 g/mol. The van der Waals surface area contributed by atoms with Gasteiger partial charge in [-0.3, -0.25) is 24.3 Å². The Labute approximate surface area is 402 Å². The minimum absolute atomic E-state index is 0.00931. The number of benzene rings is 3. The van der Waals surface area contributed by atoms with Gasteiger partial charge in [-0.1, -0.05) is 63.2 Å². The molecule has 0 saturated carbocycles. The third-order valence-electron chi connectivity index (χ3n) is 13.2. The first-order valence-corrected chi connectivity index (χ1v) is 24.6. The van der Waals surface area contributed by atoms with E-state index in [4.69, 9.17) is 4.74 Å². The zero-order valence-corrected chi connectivity index (χ0v) is 41.4. The van der Waals surface area contributed by atoms with E-state index in [-0.39, 0.29) is 68.4 Å². The van der Waals surface area contributed by atoms with E-state index in [2.05, 4.69) is 20.6 Å². The Balaban J connectivity index is 0.880. The van der Waals surface area contributed by atoms with E-state index in [0.29, 0.717) is 25.1 Å². The van der Waals surface area contributed by atoms with Crippen molar-refractivity contribution >= 4 is 34.1 Å². The summed E-state index contributed by atoms with van der Waals surface area (Å²) in [6.45, 7) is 13.8. The first-order chi connectivity index (χ1) is 32.2. The number of unbranched alkanes of at least 4 members (excludes halogenated alkanes) is 2. The number of hydrogen-bond donors (Lipinski definition) is 5. The van der Waals surface area contributed by atoms with Crippen molar-refractivity contribution in [3.8, 4) is 16.2 Å². The summed E-state index contributed by atoms with van der Waals surface area (Å²) in [7, 11) is 1.83. The molecule has 16 heteroatoms. The van der Waals surface area contributed by atoms with Gasteiger partial charge in [-0.05, 0) is 102 Å². The Morgan fingerprint density at radius 3 is 2.41 bits per heavy atom. The van der Waals surface area contributed by atoms with Crippen molar-refractivity contribution in [2.24, 2.45) is 5.41 Å². The molecule has 2 aliphatic heterocycles. The molecule has 3 aromatic carbocycles. The number of aliphatic hydroxyl groups excluding tert-OH is 2.